The van der Waals surface area contributed by atoms with E-state index in [0.29, 0.717) is 10.5 Å². The molecule has 0 aliphatic heterocycles. The van der Waals surface area contributed by atoms with E-state index in [1.54, 1.807) is 10.6 Å². The Labute approximate surface area is 65.0 Å². The summed E-state index contributed by atoms with van der Waals surface area (Å²) in [5.74, 6) is 0.606. The van der Waals surface area contributed by atoms with Crippen LogP contribution in [0.1, 0.15) is 0 Å². The maximum absolute atomic E-state index is 3.96. The van der Waals surface area contributed by atoms with Gasteiger partial charge in [0.15, 0.2) is 0 Å². The van der Waals surface area contributed by atoms with Crippen molar-refractivity contribution >= 4 is 21.7 Å². The van der Waals surface area contributed by atoms with Gasteiger partial charge in [-0.3, -0.25) is 4.40 Å². The van der Waals surface area contributed by atoms with Crippen molar-refractivity contribution in [1.29, 1.82) is 0 Å². The number of nitrogens with zero attached hydrogens (tertiary/aromatic N) is 4. The molecule has 0 atom stereocenters. The standard InChI is InChI=1S/C5H3BrN4/c6-4-8-9-5-7-2-1-3-10(4)5/h1-3H. The fourth-order valence-electron chi connectivity index (χ4n) is 0.715. The van der Waals surface area contributed by atoms with Crippen LogP contribution in [0.3, 0.4) is 0 Å². The van der Waals surface area contributed by atoms with Gasteiger partial charge in [0.05, 0.1) is 0 Å². The van der Waals surface area contributed by atoms with Gasteiger partial charge in [0, 0.05) is 12.4 Å². The normalized spacial score (nSPS) is 10.5. The molecule has 0 aliphatic carbocycles. The molecular formula is C5H3BrN4. The van der Waals surface area contributed by atoms with Gasteiger partial charge in [-0.1, -0.05) is 0 Å². The van der Waals surface area contributed by atoms with Crippen LogP contribution in [0.4, 0.5) is 0 Å². The van der Waals surface area contributed by atoms with Crippen molar-refractivity contribution in [3.8, 4) is 0 Å². The van der Waals surface area contributed by atoms with Crippen molar-refractivity contribution in [2.45, 2.75) is 0 Å². The number of fused-ring (bicyclic) bond motifs is 1. The highest BCUT2D eigenvalue weighted by molar-refractivity contribution is 9.10. The van der Waals surface area contributed by atoms with E-state index >= 15 is 0 Å². The Morgan fingerprint density at radius 2 is 2.30 bits per heavy atom. The minimum atomic E-state index is 0.606. The molecule has 0 fully saturated rings. The summed E-state index contributed by atoms with van der Waals surface area (Å²) in [4.78, 5) is 3.96. The van der Waals surface area contributed by atoms with Gasteiger partial charge in [0.2, 0.25) is 4.73 Å². The quantitative estimate of drug-likeness (QED) is 0.632. The summed E-state index contributed by atoms with van der Waals surface area (Å²) in [6.45, 7) is 0. The van der Waals surface area contributed by atoms with Gasteiger partial charge in [-0.2, -0.15) is 0 Å². The molecule has 2 aromatic rings. The van der Waals surface area contributed by atoms with Crippen LogP contribution in [0.25, 0.3) is 5.78 Å². The molecule has 10 heavy (non-hydrogen) atoms. The van der Waals surface area contributed by atoms with E-state index in [2.05, 4.69) is 31.1 Å². The Bertz CT molecular complexity index is 355. The van der Waals surface area contributed by atoms with Crippen LogP contribution in [0.5, 0.6) is 0 Å². The Morgan fingerprint density at radius 1 is 1.40 bits per heavy atom. The molecule has 5 heteroatoms. The van der Waals surface area contributed by atoms with Gasteiger partial charge < -0.3 is 0 Å². The Hall–Kier alpha value is -0.970. The predicted octanol–water partition coefficient (Wildman–Crippen LogP) is 0.887. The van der Waals surface area contributed by atoms with Gasteiger partial charge in [-0.05, 0) is 22.0 Å². The van der Waals surface area contributed by atoms with Crippen molar-refractivity contribution in [2.24, 2.45) is 0 Å². The SMILES string of the molecule is Brc1nnc2ncccn12. The average molecular weight is 199 g/mol. The minimum absolute atomic E-state index is 0.606. The van der Waals surface area contributed by atoms with Crippen molar-refractivity contribution in [3.05, 3.63) is 23.2 Å². The summed E-state index contributed by atoms with van der Waals surface area (Å²) in [6.07, 6.45) is 3.52. The smallest absolute Gasteiger partial charge is 0.255 e. The molecule has 0 unspecified atom stereocenters. The molecule has 4 nitrogen and oxygen atoms in total. The summed E-state index contributed by atoms with van der Waals surface area (Å²) in [5.41, 5.74) is 0. The lowest BCUT2D eigenvalue weighted by atomic mass is 10.7. The lowest BCUT2D eigenvalue weighted by Gasteiger charge is -1.87. The van der Waals surface area contributed by atoms with E-state index in [1.807, 2.05) is 12.3 Å². The molecule has 0 aromatic carbocycles. The zero-order valence-corrected chi connectivity index (χ0v) is 6.48. The summed E-state index contributed by atoms with van der Waals surface area (Å²) in [6, 6.07) is 1.82. The first kappa shape index (κ1) is 5.79. The second kappa shape index (κ2) is 2.02. The lowest BCUT2D eigenvalue weighted by molar-refractivity contribution is 1.05. The molecule has 0 spiro atoms. The second-order valence-electron chi connectivity index (χ2n) is 1.76. The van der Waals surface area contributed by atoms with Gasteiger partial charge in [-0.15, -0.1) is 10.2 Å². The van der Waals surface area contributed by atoms with Crippen LogP contribution in [0, 0.1) is 0 Å². The number of rotatable bonds is 0. The number of halogens is 1. The maximum atomic E-state index is 3.96. The highest BCUT2D eigenvalue weighted by Gasteiger charge is 1.98. The van der Waals surface area contributed by atoms with E-state index in [0.717, 1.165) is 0 Å². The molecule has 2 heterocycles. The van der Waals surface area contributed by atoms with Crippen LogP contribution < -0.4 is 0 Å². The van der Waals surface area contributed by atoms with Crippen LogP contribution in [-0.4, -0.2) is 19.6 Å². The first-order valence-corrected chi connectivity index (χ1v) is 3.48. The molecule has 2 rings (SSSR count). The molecule has 0 aliphatic rings. The summed E-state index contributed by atoms with van der Waals surface area (Å²) in [5, 5.41) is 7.54. The minimum Gasteiger partial charge on any atom is -0.261 e. The van der Waals surface area contributed by atoms with Gasteiger partial charge >= 0.3 is 0 Å². The highest BCUT2D eigenvalue weighted by atomic mass is 79.9. The molecule has 0 saturated carbocycles. The molecule has 0 N–H and O–H groups in total. The summed E-state index contributed by atoms with van der Waals surface area (Å²) >= 11 is 3.22. The highest BCUT2D eigenvalue weighted by Crippen LogP contribution is 2.05. The third-order valence-electron chi connectivity index (χ3n) is 1.15. The van der Waals surface area contributed by atoms with Crippen molar-refractivity contribution in [3.63, 3.8) is 0 Å². The number of aromatic nitrogens is 4. The van der Waals surface area contributed by atoms with E-state index < -0.39 is 0 Å². The largest absolute Gasteiger partial charge is 0.261 e. The van der Waals surface area contributed by atoms with E-state index in [-0.39, 0.29) is 0 Å². The topological polar surface area (TPSA) is 43.1 Å². The maximum Gasteiger partial charge on any atom is 0.255 e. The summed E-state index contributed by atoms with van der Waals surface area (Å²) < 4.78 is 2.43. The first-order valence-electron chi connectivity index (χ1n) is 2.69. The second-order valence-corrected chi connectivity index (χ2v) is 2.47. The van der Waals surface area contributed by atoms with Crippen LogP contribution in [0.2, 0.25) is 0 Å². The van der Waals surface area contributed by atoms with Crippen LogP contribution in [0.15, 0.2) is 23.2 Å². The molecule has 0 bridgehead atoms. The van der Waals surface area contributed by atoms with E-state index in [9.17, 15) is 0 Å². The van der Waals surface area contributed by atoms with Crippen LogP contribution >= 0.6 is 15.9 Å². The number of hydrogen-bond donors (Lipinski definition) is 0. The Morgan fingerprint density at radius 3 is 3.10 bits per heavy atom. The average Bonchev–Trinajstić information content (AvgIpc) is 2.34. The zero-order chi connectivity index (χ0) is 6.97. The molecule has 0 radical (unpaired) electrons. The first-order chi connectivity index (χ1) is 4.88. The van der Waals surface area contributed by atoms with Gasteiger partial charge in [0.25, 0.3) is 5.78 Å². The Balaban J connectivity index is 2.93. The monoisotopic (exact) mass is 198 g/mol. The predicted molar refractivity (Wildman–Crippen MR) is 38.5 cm³/mol. The third kappa shape index (κ3) is 0.706. The van der Waals surface area contributed by atoms with Gasteiger partial charge in [-0.25, -0.2) is 4.98 Å². The van der Waals surface area contributed by atoms with Gasteiger partial charge in [0.1, 0.15) is 0 Å². The lowest BCUT2D eigenvalue weighted by Crippen LogP contribution is -1.85. The third-order valence-corrected chi connectivity index (χ3v) is 1.69. The molecule has 50 valence electrons. The fraction of sp³-hybridized carbons (Fsp3) is 0. The summed E-state index contributed by atoms with van der Waals surface area (Å²) in [7, 11) is 0. The van der Waals surface area contributed by atoms with Crippen molar-refractivity contribution in [1.82, 2.24) is 19.6 Å². The van der Waals surface area contributed by atoms with Crippen molar-refractivity contribution in [2.75, 3.05) is 0 Å². The molecule has 0 amide bonds. The molecule has 0 saturated heterocycles. The molecular weight excluding hydrogens is 196 g/mol. The Kier molecular flexibility index (Phi) is 1.17. The van der Waals surface area contributed by atoms with E-state index in [1.165, 1.54) is 0 Å². The fourth-order valence-corrected chi connectivity index (χ4v) is 1.07. The van der Waals surface area contributed by atoms with Crippen molar-refractivity contribution < 1.29 is 0 Å². The molecule has 2 aromatic heterocycles. The number of hydrogen-bond acceptors (Lipinski definition) is 3. The van der Waals surface area contributed by atoms with Crippen LogP contribution in [-0.2, 0) is 0 Å². The zero-order valence-electron chi connectivity index (χ0n) is 4.90. The van der Waals surface area contributed by atoms with E-state index in [4.69, 9.17) is 0 Å².